The van der Waals surface area contributed by atoms with Crippen LogP contribution in [-0.2, 0) is 13.0 Å². The highest BCUT2D eigenvalue weighted by Gasteiger charge is 2.16. The van der Waals surface area contributed by atoms with Crippen LogP contribution in [0.5, 0.6) is 0 Å². The minimum Gasteiger partial charge on any atom is -0.340 e. The Labute approximate surface area is 178 Å². The third-order valence-electron chi connectivity index (χ3n) is 5.62. The Hall–Kier alpha value is -3.39. The van der Waals surface area contributed by atoms with Crippen LogP contribution in [0.15, 0.2) is 85.1 Å². The van der Waals surface area contributed by atoms with Crippen LogP contribution in [0.4, 0.5) is 0 Å². The molecule has 4 aromatic rings. The van der Waals surface area contributed by atoms with Gasteiger partial charge in [0.15, 0.2) is 0 Å². The van der Waals surface area contributed by atoms with E-state index in [1.165, 1.54) is 38.7 Å². The van der Waals surface area contributed by atoms with Gasteiger partial charge in [-0.15, -0.1) is 0 Å². The van der Waals surface area contributed by atoms with E-state index in [9.17, 15) is 0 Å². The summed E-state index contributed by atoms with van der Waals surface area (Å²) in [4.78, 5) is 4.72. The van der Waals surface area contributed by atoms with Crippen LogP contribution in [0.2, 0.25) is 0 Å². The lowest BCUT2D eigenvalue weighted by molar-refractivity contribution is 0.793. The fourth-order valence-electron chi connectivity index (χ4n) is 4.17. The molecule has 0 saturated heterocycles. The van der Waals surface area contributed by atoms with Crippen molar-refractivity contribution in [1.29, 1.82) is 0 Å². The SMILES string of the molecule is C/C=C\c1c(CC)n(C/C=C\C=C(/C)c2ccccc2)c2ccc3cccnc3c12. The van der Waals surface area contributed by atoms with Crippen LogP contribution in [0.3, 0.4) is 0 Å². The molecule has 2 aromatic carbocycles. The fraction of sp³-hybridized carbons (Fsp3) is 0.179. The smallest absolute Gasteiger partial charge is 0.0801 e. The standard InChI is InChI=1S/C28H28N2/c1-4-12-24-25(5-2)30(20-10-9-13-21(3)22-14-7-6-8-15-22)26-18-17-23-16-11-19-29-28(23)27(24)26/h4,6-19H,5,20H2,1-3H3/b10-9-,12-4-,21-13+. The van der Waals surface area contributed by atoms with E-state index in [1.807, 2.05) is 12.3 Å². The molecule has 0 aliphatic rings. The summed E-state index contributed by atoms with van der Waals surface area (Å²) in [6, 6.07) is 19.1. The zero-order valence-corrected chi connectivity index (χ0v) is 18.0. The normalized spacial score (nSPS) is 12.7. The lowest BCUT2D eigenvalue weighted by atomic mass is 10.1. The second kappa shape index (κ2) is 8.96. The van der Waals surface area contributed by atoms with Crippen LogP contribution < -0.4 is 0 Å². The lowest BCUT2D eigenvalue weighted by Crippen LogP contribution is -2.01. The molecule has 0 saturated carbocycles. The van der Waals surface area contributed by atoms with Crippen LogP contribution in [-0.4, -0.2) is 9.55 Å². The Morgan fingerprint density at radius 2 is 1.87 bits per heavy atom. The Kier molecular flexibility index (Phi) is 5.94. The van der Waals surface area contributed by atoms with Gasteiger partial charge in [0.2, 0.25) is 0 Å². The van der Waals surface area contributed by atoms with Crippen molar-refractivity contribution in [2.24, 2.45) is 0 Å². The molecule has 2 nitrogen and oxygen atoms in total. The molecule has 0 bridgehead atoms. The number of hydrogen-bond donors (Lipinski definition) is 0. The first-order chi connectivity index (χ1) is 14.7. The maximum Gasteiger partial charge on any atom is 0.0801 e. The minimum atomic E-state index is 0.841. The monoisotopic (exact) mass is 392 g/mol. The van der Waals surface area contributed by atoms with Gasteiger partial charge in [-0.2, -0.15) is 0 Å². The number of rotatable bonds is 6. The van der Waals surface area contributed by atoms with E-state index < -0.39 is 0 Å². The van der Waals surface area contributed by atoms with Crippen molar-refractivity contribution < 1.29 is 0 Å². The summed E-state index contributed by atoms with van der Waals surface area (Å²) in [6.45, 7) is 7.31. The molecule has 30 heavy (non-hydrogen) atoms. The molecule has 0 atom stereocenters. The number of benzene rings is 2. The number of hydrogen-bond acceptors (Lipinski definition) is 1. The zero-order chi connectivity index (χ0) is 20.9. The number of aromatic nitrogens is 2. The molecular formula is C28H28N2. The molecule has 2 aromatic heterocycles. The van der Waals surface area contributed by atoms with E-state index in [0.29, 0.717) is 0 Å². The Morgan fingerprint density at radius 1 is 1.03 bits per heavy atom. The molecule has 0 unspecified atom stereocenters. The lowest BCUT2D eigenvalue weighted by Gasteiger charge is -2.07. The van der Waals surface area contributed by atoms with Crippen molar-refractivity contribution in [1.82, 2.24) is 9.55 Å². The second-order valence-electron chi connectivity index (χ2n) is 7.50. The summed E-state index contributed by atoms with van der Waals surface area (Å²) in [5.74, 6) is 0. The molecule has 0 amide bonds. The third kappa shape index (κ3) is 3.73. The van der Waals surface area contributed by atoms with E-state index >= 15 is 0 Å². The molecule has 0 radical (unpaired) electrons. The third-order valence-corrected chi connectivity index (χ3v) is 5.62. The van der Waals surface area contributed by atoms with Gasteiger partial charge < -0.3 is 4.57 Å². The highest BCUT2D eigenvalue weighted by atomic mass is 15.0. The van der Waals surface area contributed by atoms with Crippen molar-refractivity contribution in [2.75, 3.05) is 0 Å². The van der Waals surface area contributed by atoms with E-state index in [-0.39, 0.29) is 0 Å². The molecule has 0 spiro atoms. The Morgan fingerprint density at radius 3 is 2.63 bits per heavy atom. The van der Waals surface area contributed by atoms with Crippen LogP contribution >= 0.6 is 0 Å². The van der Waals surface area contributed by atoms with Crippen molar-refractivity contribution in [3.8, 4) is 0 Å². The number of allylic oxidation sites excluding steroid dienone is 5. The highest BCUT2D eigenvalue weighted by molar-refractivity contribution is 6.09. The summed E-state index contributed by atoms with van der Waals surface area (Å²) in [5, 5.41) is 2.44. The zero-order valence-electron chi connectivity index (χ0n) is 18.0. The van der Waals surface area contributed by atoms with Crippen molar-refractivity contribution in [3.05, 3.63) is 102 Å². The largest absolute Gasteiger partial charge is 0.340 e. The summed E-state index contributed by atoms with van der Waals surface area (Å²) >= 11 is 0. The summed E-state index contributed by atoms with van der Waals surface area (Å²) in [5.41, 5.74) is 7.51. The average Bonchev–Trinajstić information content (AvgIpc) is 3.10. The van der Waals surface area contributed by atoms with Crippen molar-refractivity contribution in [3.63, 3.8) is 0 Å². The first-order valence-electron chi connectivity index (χ1n) is 10.6. The van der Waals surface area contributed by atoms with Gasteiger partial charge in [0.1, 0.15) is 0 Å². The predicted octanol–water partition coefficient (Wildman–Crippen LogP) is 7.44. The summed E-state index contributed by atoms with van der Waals surface area (Å²) in [6.07, 6.45) is 13.8. The first-order valence-corrected chi connectivity index (χ1v) is 10.6. The number of pyridine rings is 1. The molecule has 150 valence electrons. The van der Waals surface area contributed by atoms with Gasteiger partial charge >= 0.3 is 0 Å². The second-order valence-corrected chi connectivity index (χ2v) is 7.50. The minimum absolute atomic E-state index is 0.841. The molecule has 4 rings (SSSR count). The quantitative estimate of drug-likeness (QED) is 0.312. The van der Waals surface area contributed by atoms with E-state index in [4.69, 9.17) is 4.98 Å². The number of nitrogens with zero attached hydrogens (tertiary/aromatic N) is 2. The van der Waals surface area contributed by atoms with Gasteiger partial charge in [0.05, 0.1) is 11.0 Å². The van der Waals surface area contributed by atoms with E-state index in [0.717, 1.165) is 18.5 Å². The summed E-state index contributed by atoms with van der Waals surface area (Å²) in [7, 11) is 0. The van der Waals surface area contributed by atoms with E-state index in [1.54, 1.807) is 0 Å². The van der Waals surface area contributed by atoms with Crippen LogP contribution in [0.1, 0.15) is 37.6 Å². The first kappa shape index (κ1) is 19.9. The molecule has 0 fully saturated rings. The van der Waals surface area contributed by atoms with Gasteiger partial charge in [-0.05, 0) is 43.5 Å². The maximum absolute atomic E-state index is 4.72. The molecular weight excluding hydrogens is 364 g/mol. The van der Waals surface area contributed by atoms with Gasteiger partial charge in [-0.1, -0.05) is 79.8 Å². The van der Waals surface area contributed by atoms with Gasteiger partial charge in [-0.3, -0.25) is 4.98 Å². The average molecular weight is 393 g/mol. The van der Waals surface area contributed by atoms with Crippen molar-refractivity contribution in [2.45, 2.75) is 33.7 Å². The maximum atomic E-state index is 4.72. The van der Waals surface area contributed by atoms with Crippen molar-refractivity contribution >= 4 is 33.5 Å². The predicted molar refractivity (Wildman–Crippen MR) is 131 cm³/mol. The van der Waals surface area contributed by atoms with E-state index in [2.05, 4.69) is 104 Å². The highest BCUT2D eigenvalue weighted by Crippen LogP contribution is 2.33. The van der Waals surface area contributed by atoms with Crippen LogP contribution in [0.25, 0.3) is 33.5 Å². The van der Waals surface area contributed by atoms with Gasteiger partial charge in [0, 0.05) is 34.8 Å². The molecule has 2 heterocycles. The number of fused-ring (bicyclic) bond motifs is 3. The fourth-order valence-corrected chi connectivity index (χ4v) is 4.17. The van der Waals surface area contributed by atoms with Gasteiger partial charge in [-0.25, -0.2) is 0 Å². The molecule has 0 aliphatic heterocycles. The van der Waals surface area contributed by atoms with Crippen LogP contribution in [0, 0.1) is 0 Å². The summed E-state index contributed by atoms with van der Waals surface area (Å²) < 4.78 is 2.43. The molecule has 2 heteroatoms. The Balaban J connectivity index is 1.76. The molecule has 0 N–H and O–H groups in total. The Bertz CT molecular complexity index is 1250. The molecule has 0 aliphatic carbocycles. The van der Waals surface area contributed by atoms with Gasteiger partial charge in [0.25, 0.3) is 0 Å². The topological polar surface area (TPSA) is 17.8 Å².